The van der Waals surface area contributed by atoms with Crippen LogP contribution in [0.1, 0.15) is 44.0 Å². The second-order valence-corrected chi connectivity index (χ2v) is 11.9. The van der Waals surface area contributed by atoms with Gasteiger partial charge in [-0.2, -0.15) is 0 Å². The molecule has 0 amide bonds. The second-order valence-electron chi connectivity index (χ2n) is 11.9. The summed E-state index contributed by atoms with van der Waals surface area (Å²) in [5.41, 5.74) is 18.8. The van der Waals surface area contributed by atoms with Crippen LogP contribution < -0.4 is 26.0 Å². The average Bonchev–Trinajstić information content (AvgIpc) is 2.93. The first-order chi connectivity index (χ1) is 19.3. The van der Waals surface area contributed by atoms with Crippen molar-refractivity contribution < 1.29 is 9.47 Å². The normalized spacial score (nSPS) is 27.0. The van der Waals surface area contributed by atoms with E-state index in [1.54, 1.807) is 7.11 Å². The van der Waals surface area contributed by atoms with Gasteiger partial charge in [0.1, 0.15) is 12.0 Å². The van der Waals surface area contributed by atoms with Crippen LogP contribution in [0, 0.1) is 0 Å². The fourth-order valence-electron chi connectivity index (χ4n) is 6.96. The lowest BCUT2D eigenvalue weighted by atomic mass is 9.97. The number of nitrogens with zero attached hydrogens (tertiary/aromatic N) is 5. The largest absolute Gasteiger partial charge is 0.496 e. The van der Waals surface area contributed by atoms with Gasteiger partial charge in [-0.1, -0.05) is 24.3 Å². The smallest absolute Gasteiger partial charge is 0.136 e. The summed E-state index contributed by atoms with van der Waals surface area (Å²) in [6, 6.07) is 15.2. The van der Waals surface area contributed by atoms with Crippen molar-refractivity contribution in [2.24, 2.45) is 11.5 Å². The molecule has 0 spiro atoms. The number of nitrogens with two attached hydrogens (primary N) is 2. The summed E-state index contributed by atoms with van der Waals surface area (Å²) in [5.74, 6) is 0.949. The SMILES string of the molecule is COc1cccc(N(C)C)c1CN1CCC(N2C(N)c3ccccc3N(CCN3CC(C)OC(C)C3)C2N)CC1. The van der Waals surface area contributed by atoms with Crippen molar-refractivity contribution in [3.05, 3.63) is 53.6 Å². The summed E-state index contributed by atoms with van der Waals surface area (Å²) in [4.78, 5) is 12.0. The van der Waals surface area contributed by atoms with E-state index in [0.29, 0.717) is 6.04 Å². The van der Waals surface area contributed by atoms with E-state index in [1.807, 2.05) is 0 Å². The monoisotopic (exact) mass is 551 g/mol. The lowest BCUT2D eigenvalue weighted by molar-refractivity contribution is -0.0676. The highest BCUT2D eigenvalue weighted by Gasteiger charge is 2.40. The van der Waals surface area contributed by atoms with Crippen LogP contribution in [0.15, 0.2) is 42.5 Å². The molecule has 2 fully saturated rings. The number of morpholine rings is 1. The van der Waals surface area contributed by atoms with E-state index < -0.39 is 0 Å². The predicted molar refractivity (Wildman–Crippen MR) is 163 cm³/mol. The molecule has 2 aromatic rings. The highest BCUT2D eigenvalue weighted by atomic mass is 16.5. The zero-order valence-corrected chi connectivity index (χ0v) is 25.0. The fourth-order valence-corrected chi connectivity index (χ4v) is 6.96. The van der Waals surface area contributed by atoms with Gasteiger partial charge in [0.2, 0.25) is 0 Å². The van der Waals surface area contributed by atoms with Crippen molar-refractivity contribution >= 4 is 11.4 Å². The molecule has 0 aliphatic carbocycles. The van der Waals surface area contributed by atoms with Gasteiger partial charge >= 0.3 is 0 Å². The minimum atomic E-state index is -0.258. The first-order valence-electron chi connectivity index (χ1n) is 14.8. The maximum absolute atomic E-state index is 7.07. The first-order valence-corrected chi connectivity index (χ1v) is 14.8. The quantitative estimate of drug-likeness (QED) is 0.514. The third-order valence-corrected chi connectivity index (χ3v) is 8.83. The van der Waals surface area contributed by atoms with Crippen LogP contribution in [0.25, 0.3) is 0 Å². The molecule has 0 radical (unpaired) electrons. The van der Waals surface area contributed by atoms with Crippen LogP contribution in [-0.4, -0.2) is 99.7 Å². The number of piperidine rings is 1. The number of hydrogen-bond donors (Lipinski definition) is 2. The summed E-state index contributed by atoms with van der Waals surface area (Å²) < 4.78 is 11.7. The van der Waals surface area contributed by atoms with E-state index in [0.717, 1.165) is 70.1 Å². The zero-order valence-electron chi connectivity index (χ0n) is 25.0. The number of methoxy groups -OCH3 is 1. The van der Waals surface area contributed by atoms with Gasteiger partial charge in [-0.25, -0.2) is 4.90 Å². The Hall–Kier alpha value is -2.40. The fraction of sp³-hybridized carbons (Fsp3) is 0.613. The van der Waals surface area contributed by atoms with Gasteiger partial charge in [0, 0.05) is 75.4 Å². The number of benzene rings is 2. The Morgan fingerprint density at radius 1 is 0.925 bits per heavy atom. The van der Waals surface area contributed by atoms with E-state index in [4.69, 9.17) is 20.9 Å². The molecular formula is C31H49N7O2. The summed E-state index contributed by atoms with van der Waals surface area (Å²) in [5, 5.41) is 0. The number of likely N-dealkylation sites (tertiary alicyclic amines) is 1. The van der Waals surface area contributed by atoms with Crippen LogP contribution in [-0.2, 0) is 11.3 Å². The Bertz CT molecular complexity index is 1110. The number of ether oxygens (including phenoxy) is 2. The summed E-state index contributed by atoms with van der Waals surface area (Å²) >= 11 is 0. The Morgan fingerprint density at radius 2 is 1.62 bits per heavy atom. The van der Waals surface area contributed by atoms with E-state index in [9.17, 15) is 0 Å². The summed E-state index contributed by atoms with van der Waals surface area (Å²) in [6.07, 6.45) is 2.10. The van der Waals surface area contributed by atoms with E-state index in [1.165, 1.54) is 16.8 Å². The number of fused-ring (bicyclic) bond motifs is 1. The van der Waals surface area contributed by atoms with Gasteiger partial charge in [0.15, 0.2) is 0 Å². The van der Waals surface area contributed by atoms with Gasteiger partial charge in [0.05, 0.1) is 25.5 Å². The summed E-state index contributed by atoms with van der Waals surface area (Å²) in [6.45, 7) is 10.9. The number of anilines is 2. The third kappa shape index (κ3) is 6.10. The Labute approximate surface area is 240 Å². The molecule has 9 heteroatoms. The topological polar surface area (TPSA) is 86.7 Å². The molecule has 0 saturated carbocycles. The number of para-hydroxylation sites is 1. The molecule has 3 aliphatic heterocycles. The molecule has 40 heavy (non-hydrogen) atoms. The van der Waals surface area contributed by atoms with Crippen molar-refractivity contribution in [3.63, 3.8) is 0 Å². The second kappa shape index (κ2) is 12.6. The third-order valence-electron chi connectivity index (χ3n) is 8.83. The molecule has 3 aliphatic rings. The number of hydrogen-bond acceptors (Lipinski definition) is 9. The zero-order chi connectivity index (χ0) is 28.4. The standard InChI is InChI=1S/C31H49N7O2/c1-22-19-36(20-23(2)40-22)17-18-37-28-10-7-6-9-25(28)30(32)38(31(37)33)24-13-15-35(16-14-24)21-26-27(34(3)4)11-8-12-29(26)39-5/h6-12,22-24,30-31H,13-21,32-33H2,1-5H3. The Morgan fingerprint density at radius 3 is 2.30 bits per heavy atom. The maximum atomic E-state index is 7.07. The van der Waals surface area contributed by atoms with Crippen LogP contribution in [0.2, 0.25) is 0 Å². The molecule has 9 nitrogen and oxygen atoms in total. The molecule has 0 aromatic heterocycles. The van der Waals surface area contributed by atoms with Gasteiger partial charge in [0.25, 0.3) is 0 Å². The molecule has 3 heterocycles. The van der Waals surface area contributed by atoms with Gasteiger partial charge in [-0.05, 0) is 58.0 Å². The average molecular weight is 552 g/mol. The van der Waals surface area contributed by atoms with Gasteiger partial charge in [-0.15, -0.1) is 0 Å². The summed E-state index contributed by atoms with van der Waals surface area (Å²) in [7, 11) is 5.94. The highest BCUT2D eigenvalue weighted by molar-refractivity contribution is 5.59. The van der Waals surface area contributed by atoms with Crippen molar-refractivity contribution in [2.75, 3.05) is 70.3 Å². The van der Waals surface area contributed by atoms with Gasteiger partial charge < -0.3 is 25.0 Å². The molecular weight excluding hydrogens is 502 g/mol. The molecule has 4 N–H and O–H groups in total. The van der Waals surface area contributed by atoms with Crippen molar-refractivity contribution in [3.8, 4) is 5.75 Å². The lowest BCUT2D eigenvalue weighted by Crippen LogP contribution is -2.65. The molecule has 220 valence electrons. The Balaban J connectivity index is 1.28. The molecule has 0 bridgehead atoms. The van der Waals surface area contributed by atoms with Crippen molar-refractivity contribution in [1.29, 1.82) is 0 Å². The van der Waals surface area contributed by atoms with Crippen molar-refractivity contribution in [2.45, 2.75) is 63.9 Å². The minimum absolute atomic E-state index is 0.211. The van der Waals surface area contributed by atoms with Gasteiger partial charge in [-0.3, -0.25) is 15.5 Å². The lowest BCUT2D eigenvalue weighted by Gasteiger charge is -2.52. The number of rotatable bonds is 8. The van der Waals surface area contributed by atoms with E-state index in [-0.39, 0.29) is 24.7 Å². The predicted octanol–water partition coefficient (Wildman–Crippen LogP) is 2.86. The van der Waals surface area contributed by atoms with E-state index in [2.05, 4.69) is 94.9 Å². The van der Waals surface area contributed by atoms with Crippen molar-refractivity contribution in [1.82, 2.24) is 14.7 Å². The maximum Gasteiger partial charge on any atom is 0.136 e. The van der Waals surface area contributed by atoms with Crippen LogP contribution >= 0.6 is 0 Å². The molecule has 4 unspecified atom stereocenters. The molecule has 2 aromatic carbocycles. The van der Waals surface area contributed by atoms with Crippen LogP contribution in [0.3, 0.4) is 0 Å². The van der Waals surface area contributed by atoms with E-state index >= 15 is 0 Å². The Kier molecular flexibility index (Phi) is 9.19. The van der Waals surface area contributed by atoms with Crippen LogP contribution in [0.5, 0.6) is 5.75 Å². The molecule has 2 saturated heterocycles. The first kappa shape index (κ1) is 29.1. The van der Waals surface area contributed by atoms with Crippen LogP contribution in [0.4, 0.5) is 11.4 Å². The highest BCUT2D eigenvalue weighted by Crippen LogP contribution is 2.38. The molecule has 5 rings (SSSR count). The molecule has 4 atom stereocenters. The minimum Gasteiger partial charge on any atom is -0.496 e.